The SMILES string of the molecule is O=CC1(CN2CCN(c3ccccn3)CC2)CCCCC1. The molecule has 0 amide bonds. The third-order valence-corrected chi connectivity index (χ3v) is 4.98. The van der Waals surface area contributed by atoms with Gasteiger partial charge in [0, 0.05) is 44.3 Å². The van der Waals surface area contributed by atoms with Gasteiger partial charge >= 0.3 is 0 Å². The van der Waals surface area contributed by atoms with E-state index in [0.717, 1.165) is 51.4 Å². The highest BCUT2D eigenvalue weighted by atomic mass is 16.1. The molecular weight excluding hydrogens is 262 g/mol. The first-order valence-electron chi connectivity index (χ1n) is 8.16. The number of hydrogen-bond donors (Lipinski definition) is 0. The minimum absolute atomic E-state index is 0.0641. The third-order valence-electron chi connectivity index (χ3n) is 4.98. The molecule has 0 radical (unpaired) electrons. The van der Waals surface area contributed by atoms with E-state index in [1.807, 2.05) is 18.3 Å². The highest BCUT2D eigenvalue weighted by Gasteiger charge is 2.34. The molecule has 0 unspecified atom stereocenters. The lowest BCUT2D eigenvalue weighted by molar-refractivity contribution is -0.119. The van der Waals surface area contributed by atoms with Crippen molar-refractivity contribution in [3.05, 3.63) is 24.4 Å². The molecule has 1 saturated heterocycles. The molecule has 3 rings (SSSR count). The van der Waals surface area contributed by atoms with Crippen LogP contribution in [-0.4, -0.2) is 48.9 Å². The van der Waals surface area contributed by atoms with Gasteiger partial charge in [0.25, 0.3) is 0 Å². The number of pyridine rings is 1. The van der Waals surface area contributed by atoms with E-state index in [9.17, 15) is 4.79 Å². The Morgan fingerprint density at radius 3 is 2.48 bits per heavy atom. The van der Waals surface area contributed by atoms with Crippen LogP contribution in [0.4, 0.5) is 5.82 Å². The van der Waals surface area contributed by atoms with Crippen molar-refractivity contribution in [3.8, 4) is 0 Å². The maximum Gasteiger partial charge on any atom is 0.128 e. The second kappa shape index (κ2) is 6.56. The highest BCUT2D eigenvalue weighted by Crippen LogP contribution is 2.35. The fraction of sp³-hybridized carbons (Fsp3) is 0.647. The smallest absolute Gasteiger partial charge is 0.128 e. The first kappa shape index (κ1) is 14.5. The summed E-state index contributed by atoms with van der Waals surface area (Å²) in [6.07, 6.45) is 8.98. The molecule has 0 aromatic carbocycles. The van der Waals surface area contributed by atoms with Crippen LogP contribution in [0.1, 0.15) is 32.1 Å². The Morgan fingerprint density at radius 1 is 1.10 bits per heavy atom. The van der Waals surface area contributed by atoms with Gasteiger partial charge < -0.3 is 9.69 Å². The fourth-order valence-corrected chi connectivity index (χ4v) is 3.69. The van der Waals surface area contributed by atoms with Crippen molar-refractivity contribution in [1.29, 1.82) is 0 Å². The van der Waals surface area contributed by atoms with Crippen LogP contribution >= 0.6 is 0 Å². The fourth-order valence-electron chi connectivity index (χ4n) is 3.69. The third kappa shape index (κ3) is 3.43. The van der Waals surface area contributed by atoms with Gasteiger partial charge in [-0.05, 0) is 25.0 Å². The zero-order valence-corrected chi connectivity index (χ0v) is 12.7. The number of anilines is 1. The molecule has 1 aliphatic carbocycles. The van der Waals surface area contributed by atoms with Crippen LogP contribution in [0.3, 0.4) is 0 Å². The first-order chi connectivity index (χ1) is 10.3. The number of aldehydes is 1. The van der Waals surface area contributed by atoms with E-state index in [1.54, 1.807) is 0 Å². The molecule has 2 aliphatic rings. The van der Waals surface area contributed by atoms with Gasteiger partial charge in [0.05, 0.1) is 0 Å². The van der Waals surface area contributed by atoms with Crippen molar-refractivity contribution in [1.82, 2.24) is 9.88 Å². The van der Waals surface area contributed by atoms with Gasteiger partial charge in [-0.2, -0.15) is 0 Å². The Balaban J connectivity index is 1.55. The van der Waals surface area contributed by atoms with Crippen LogP contribution in [0, 0.1) is 5.41 Å². The number of rotatable bonds is 4. The molecule has 21 heavy (non-hydrogen) atoms. The van der Waals surface area contributed by atoms with Crippen LogP contribution in [0.2, 0.25) is 0 Å². The second-order valence-corrected chi connectivity index (χ2v) is 6.49. The zero-order chi connectivity index (χ0) is 14.5. The Bertz CT molecular complexity index is 448. The summed E-state index contributed by atoms with van der Waals surface area (Å²) in [7, 11) is 0. The zero-order valence-electron chi connectivity index (χ0n) is 12.7. The van der Waals surface area contributed by atoms with Gasteiger partial charge in [-0.25, -0.2) is 4.98 Å². The molecule has 0 N–H and O–H groups in total. The van der Waals surface area contributed by atoms with E-state index in [1.165, 1.54) is 25.5 Å². The lowest BCUT2D eigenvalue weighted by Gasteiger charge is -2.41. The van der Waals surface area contributed by atoms with Gasteiger partial charge in [-0.15, -0.1) is 0 Å². The number of nitrogens with zero attached hydrogens (tertiary/aromatic N) is 3. The molecular formula is C17H25N3O. The number of piperazine rings is 1. The van der Waals surface area contributed by atoms with Crippen LogP contribution in [0.5, 0.6) is 0 Å². The summed E-state index contributed by atoms with van der Waals surface area (Å²) in [5.41, 5.74) is -0.0641. The topological polar surface area (TPSA) is 36.4 Å². The van der Waals surface area contributed by atoms with Crippen LogP contribution in [0.15, 0.2) is 24.4 Å². The monoisotopic (exact) mass is 287 g/mol. The Hall–Kier alpha value is -1.42. The highest BCUT2D eigenvalue weighted by molar-refractivity contribution is 5.60. The van der Waals surface area contributed by atoms with E-state index in [-0.39, 0.29) is 5.41 Å². The minimum Gasteiger partial charge on any atom is -0.354 e. The maximum atomic E-state index is 11.6. The van der Waals surface area contributed by atoms with Gasteiger partial charge in [-0.1, -0.05) is 25.3 Å². The summed E-state index contributed by atoms with van der Waals surface area (Å²) in [4.78, 5) is 20.8. The van der Waals surface area contributed by atoms with E-state index in [0.29, 0.717) is 0 Å². The summed E-state index contributed by atoms with van der Waals surface area (Å²) in [5.74, 6) is 1.07. The Labute approximate surface area is 127 Å². The van der Waals surface area contributed by atoms with Crippen molar-refractivity contribution >= 4 is 12.1 Å². The van der Waals surface area contributed by atoms with Crippen LogP contribution < -0.4 is 4.90 Å². The molecule has 1 aromatic heterocycles. The standard InChI is InChI=1S/C17H25N3O/c21-15-17(7-3-1-4-8-17)14-19-10-12-20(13-11-19)16-6-2-5-9-18-16/h2,5-6,9,15H,1,3-4,7-8,10-14H2. The van der Waals surface area contributed by atoms with E-state index in [4.69, 9.17) is 0 Å². The van der Waals surface area contributed by atoms with Crippen molar-refractivity contribution < 1.29 is 4.79 Å². The molecule has 0 spiro atoms. The molecule has 0 atom stereocenters. The van der Waals surface area contributed by atoms with Gasteiger partial charge in [-0.3, -0.25) is 4.90 Å². The minimum atomic E-state index is -0.0641. The van der Waals surface area contributed by atoms with E-state index in [2.05, 4.69) is 20.9 Å². The van der Waals surface area contributed by atoms with Crippen molar-refractivity contribution in [3.63, 3.8) is 0 Å². The maximum absolute atomic E-state index is 11.6. The summed E-state index contributed by atoms with van der Waals surface area (Å²) in [6, 6.07) is 6.07. The quantitative estimate of drug-likeness (QED) is 0.797. The van der Waals surface area contributed by atoms with E-state index < -0.39 is 0 Å². The molecule has 1 aliphatic heterocycles. The normalized spacial score (nSPS) is 23.0. The van der Waals surface area contributed by atoms with E-state index >= 15 is 0 Å². The van der Waals surface area contributed by atoms with Crippen LogP contribution in [0.25, 0.3) is 0 Å². The predicted octanol–water partition coefficient (Wildman–Crippen LogP) is 2.35. The predicted molar refractivity (Wildman–Crippen MR) is 84.5 cm³/mol. The molecule has 4 nitrogen and oxygen atoms in total. The molecule has 1 saturated carbocycles. The number of hydrogen-bond acceptors (Lipinski definition) is 4. The largest absolute Gasteiger partial charge is 0.354 e. The second-order valence-electron chi connectivity index (χ2n) is 6.49. The molecule has 4 heteroatoms. The average Bonchev–Trinajstić information content (AvgIpc) is 2.57. The summed E-state index contributed by atoms with van der Waals surface area (Å²) in [6.45, 7) is 5.03. The molecule has 2 fully saturated rings. The number of aromatic nitrogens is 1. The molecule has 2 heterocycles. The Kier molecular flexibility index (Phi) is 4.54. The molecule has 0 bridgehead atoms. The summed E-state index contributed by atoms with van der Waals surface area (Å²) >= 11 is 0. The average molecular weight is 287 g/mol. The van der Waals surface area contributed by atoms with Gasteiger partial charge in [0.15, 0.2) is 0 Å². The Morgan fingerprint density at radius 2 is 1.86 bits per heavy atom. The first-order valence-corrected chi connectivity index (χ1v) is 8.16. The molecule has 1 aromatic rings. The van der Waals surface area contributed by atoms with Gasteiger partial charge in [0.2, 0.25) is 0 Å². The van der Waals surface area contributed by atoms with Gasteiger partial charge in [0.1, 0.15) is 12.1 Å². The van der Waals surface area contributed by atoms with Crippen molar-refractivity contribution in [2.45, 2.75) is 32.1 Å². The summed E-state index contributed by atoms with van der Waals surface area (Å²) < 4.78 is 0. The molecule has 114 valence electrons. The van der Waals surface area contributed by atoms with Crippen molar-refractivity contribution in [2.75, 3.05) is 37.6 Å². The lowest BCUT2D eigenvalue weighted by Crippen LogP contribution is -2.50. The summed E-state index contributed by atoms with van der Waals surface area (Å²) in [5, 5.41) is 0. The number of carbonyl (C=O) groups is 1. The number of carbonyl (C=O) groups excluding carboxylic acids is 1. The van der Waals surface area contributed by atoms with Crippen molar-refractivity contribution in [2.24, 2.45) is 5.41 Å². The van der Waals surface area contributed by atoms with Crippen LogP contribution in [-0.2, 0) is 4.79 Å². The lowest BCUT2D eigenvalue weighted by atomic mass is 9.75.